The van der Waals surface area contributed by atoms with Crippen molar-refractivity contribution in [3.05, 3.63) is 23.8 Å². The van der Waals surface area contributed by atoms with E-state index in [2.05, 4.69) is 0 Å². The summed E-state index contributed by atoms with van der Waals surface area (Å²) in [5.74, 6) is 0.575. The monoisotopic (exact) mass is 236 g/mol. The predicted molar refractivity (Wildman–Crippen MR) is 64.1 cm³/mol. The summed E-state index contributed by atoms with van der Waals surface area (Å²) in [5, 5.41) is 0. The Bertz CT molecular complexity index is 414. The molecule has 0 saturated carbocycles. The summed E-state index contributed by atoms with van der Waals surface area (Å²) in [4.78, 5) is 13.9. The zero-order valence-electron chi connectivity index (χ0n) is 9.81. The quantitative estimate of drug-likeness (QED) is 0.769. The first-order chi connectivity index (χ1) is 8.22. The molecule has 0 bridgehead atoms. The number of carbonyl (C=O) groups is 1. The maximum absolute atomic E-state index is 12.1. The van der Waals surface area contributed by atoms with E-state index in [0.717, 1.165) is 0 Å². The van der Waals surface area contributed by atoms with E-state index >= 15 is 0 Å². The van der Waals surface area contributed by atoms with Gasteiger partial charge in [0.15, 0.2) is 0 Å². The Hall–Kier alpha value is -1.75. The topological polar surface area (TPSA) is 64.8 Å². The van der Waals surface area contributed by atoms with Gasteiger partial charge in [-0.2, -0.15) is 0 Å². The number of anilines is 1. The van der Waals surface area contributed by atoms with Gasteiger partial charge in [-0.25, -0.2) is 0 Å². The van der Waals surface area contributed by atoms with Crippen LogP contribution in [-0.4, -0.2) is 44.2 Å². The molecule has 17 heavy (non-hydrogen) atoms. The molecule has 0 radical (unpaired) electrons. The molecule has 0 unspecified atom stereocenters. The van der Waals surface area contributed by atoms with Gasteiger partial charge in [0.25, 0.3) is 5.91 Å². The minimum atomic E-state index is -0.0114. The molecule has 1 saturated heterocycles. The number of amides is 1. The van der Waals surface area contributed by atoms with Crippen LogP contribution in [0.25, 0.3) is 0 Å². The fourth-order valence-corrected chi connectivity index (χ4v) is 1.82. The number of benzene rings is 1. The number of ether oxygens (including phenoxy) is 2. The van der Waals surface area contributed by atoms with Crippen molar-refractivity contribution in [1.82, 2.24) is 4.90 Å². The molecule has 1 aromatic rings. The number of hydrogen-bond acceptors (Lipinski definition) is 4. The van der Waals surface area contributed by atoms with Crippen LogP contribution in [0.2, 0.25) is 0 Å². The molecule has 5 nitrogen and oxygen atoms in total. The number of nitrogen functional groups attached to an aromatic ring is 1. The first kappa shape index (κ1) is 11.7. The molecule has 1 aliphatic heterocycles. The van der Waals surface area contributed by atoms with Crippen molar-refractivity contribution in [2.75, 3.05) is 39.1 Å². The third kappa shape index (κ3) is 2.50. The SMILES string of the molecule is COc1ccc(C(=O)N2CCOCC2)cc1N. The molecule has 0 aliphatic carbocycles. The molecule has 0 spiro atoms. The highest BCUT2D eigenvalue weighted by Crippen LogP contribution is 2.22. The van der Waals surface area contributed by atoms with Crippen LogP contribution in [0.5, 0.6) is 5.75 Å². The van der Waals surface area contributed by atoms with Gasteiger partial charge in [-0.1, -0.05) is 0 Å². The Labute approximate surface area is 100 Å². The van der Waals surface area contributed by atoms with Crippen LogP contribution >= 0.6 is 0 Å². The van der Waals surface area contributed by atoms with Crippen molar-refractivity contribution in [3.63, 3.8) is 0 Å². The lowest BCUT2D eigenvalue weighted by Gasteiger charge is -2.27. The van der Waals surface area contributed by atoms with Crippen LogP contribution in [0.4, 0.5) is 5.69 Å². The summed E-state index contributed by atoms with van der Waals surface area (Å²) >= 11 is 0. The van der Waals surface area contributed by atoms with Gasteiger partial charge in [-0.05, 0) is 18.2 Å². The first-order valence-corrected chi connectivity index (χ1v) is 5.53. The van der Waals surface area contributed by atoms with E-state index < -0.39 is 0 Å². The Kier molecular flexibility index (Phi) is 3.49. The lowest BCUT2D eigenvalue weighted by molar-refractivity contribution is 0.0303. The lowest BCUT2D eigenvalue weighted by Crippen LogP contribution is -2.40. The number of carbonyl (C=O) groups excluding carboxylic acids is 1. The highest BCUT2D eigenvalue weighted by atomic mass is 16.5. The fourth-order valence-electron chi connectivity index (χ4n) is 1.82. The number of hydrogen-bond donors (Lipinski definition) is 1. The molecule has 5 heteroatoms. The highest BCUT2D eigenvalue weighted by Gasteiger charge is 2.19. The summed E-state index contributed by atoms with van der Waals surface area (Å²) in [6.07, 6.45) is 0. The second-order valence-corrected chi connectivity index (χ2v) is 3.86. The molecule has 0 aromatic heterocycles. The van der Waals surface area contributed by atoms with Crippen LogP contribution in [0, 0.1) is 0 Å². The number of nitrogens with two attached hydrogens (primary N) is 1. The third-order valence-electron chi connectivity index (χ3n) is 2.77. The number of rotatable bonds is 2. The van der Waals surface area contributed by atoms with Crippen LogP contribution < -0.4 is 10.5 Å². The maximum Gasteiger partial charge on any atom is 0.254 e. The molecule has 2 N–H and O–H groups in total. The van der Waals surface area contributed by atoms with E-state index in [1.54, 1.807) is 30.2 Å². The number of nitrogens with zero attached hydrogens (tertiary/aromatic N) is 1. The minimum Gasteiger partial charge on any atom is -0.495 e. The summed E-state index contributed by atoms with van der Waals surface area (Å²) in [7, 11) is 1.55. The maximum atomic E-state index is 12.1. The summed E-state index contributed by atoms with van der Waals surface area (Å²) < 4.78 is 10.3. The van der Waals surface area contributed by atoms with Gasteiger partial charge in [0.05, 0.1) is 26.0 Å². The fraction of sp³-hybridized carbons (Fsp3) is 0.417. The van der Waals surface area contributed by atoms with Crippen LogP contribution in [-0.2, 0) is 4.74 Å². The van der Waals surface area contributed by atoms with Crippen molar-refractivity contribution in [1.29, 1.82) is 0 Å². The van der Waals surface area contributed by atoms with Gasteiger partial charge in [0.2, 0.25) is 0 Å². The third-order valence-corrected chi connectivity index (χ3v) is 2.77. The van der Waals surface area contributed by atoms with Crippen molar-refractivity contribution < 1.29 is 14.3 Å². The predicted octanol–water partition coefficient (Wildman–Crippen LogP) is 0.750. The van der Waals surface area contributed by atoms with Crippen molar-refractivity contribution in [2.45, 2.75) is 0 Å². The Morgan fingerprint density at radius 3 is 2.71 bits per heavy atom. The van der Waals surface area contributed by atoms with Crippen molar-refractivity contribution in [2.24, 2.45) is 0 Å². The summed E-state index contributed by atoms with van der Waals surface area (Å²) in [5.41, 5.74) is 6.85. The molecule has 1 heterocycles. The van der Waals surface area contributed by atoms with Crippen molar-refractivity contribution in [3.8, 4) is 5.75 Å². The van der Waals surface area contributed by atoms with Gasteiger partial charge in [-0.3, -0.25) is 4.79 Å². The largest absolute Gasteiger partial charge is 0.495 e. The lowest BCUT2D eigenvalue weighted by atomic mass is 10.1. The standard InChI is InChI=1S/C12H16N2O3/c1-16-11-3-2-9(8-10(11)13)12(15)14-4-6-17-7-5-14/h2-3,8H,4-7,13H2,1H3. The molecular weight excluding hydrogens is 220 g/mol. The summed E-state index contributed by atoms with van der Waals surface area (Å²) in [6, 6.07) is 5.09. The minimum absolute atomic E-state index is 0.0114. The first-order valence-electron chi connectivity index (χ1n) is 5.53. The van der Waals surface area contributed by atoms with E-state index in [-0.39, 0.29) is 5.91 Å². The molecule has 2 rings (SSSR count). The molecule has 1 aromatic carbocycles. The normalized spacial score (nSPS) is 15.7. The average molecular weight is 236 g/mol. The Morgan fingerprint density at radius 1 is 1.41 bits per heavy atom. The van der Waals surface area contributed by atoms with E-state index in [1.165, 1.54) is 0 Å². The van der Waals surface area contributed by atoms with Gasteiger partial charge in [-0.15, -0.1) is 0 Å². The van der Waals surface area contributed by atoms with E-state index in [0.29, 0.717) is 43.3 Å². The molecule has 1 aliphatic rings. The van der Waals surface area contributed by atoms with Gasteiger partial charge >= 0.3 is 0 Å². The molecule has 0 atom stereocenters. The number of morpholine rings is 1. The molecule has 1 fully saturated rings. The Morgan fingerprint density at radius 2 is 2.12 bits per heavy atom. The molecular formula is C12H16N2O3. The van der Waals surface area contributed by atoms with Gasteiger partial charge in [0, 0.05) is 18.7 Å². The molecule has 92 valence electrons. The summed E-state index contributed by atoms with van der Waals surface area (Å²) in [6.45, 7) is 2.45. The van der Waals surface area contributed by atoms with Crippen LogP contribution in [0.1, 0.15) is 10.4 Å². The average Bonchev–Trinajstić information content (AvgIpc) is 2.39. The number of methoxy groups -OCH3 is 1. The van der Waals surface area contributed by atoms with E-state index in [1.807, 2.05) is 0 Å². The van der Waals surface area contributed by atoms with Crippen LogP contribution in [0.3, 0.4) is 0 Å². The Balaban J connectivity index is 2.16. The van der Waals surface area contributed by atoms with E-state index in [4.69, 9.17) is 15.2 Å². The van der Waals surface area contributed by atoms with Gasteiger partial charge in [0.1, 0.15) is 5.75 Å². The van der Waals surface area contributed by atoms with E-state index in [9.17, 15) is 4.79 Å². The highest BCUT2D eigenvalue weighted by molar-refractivity contribution is 5.95. The van der Waals surface area contributed by atoms with Crippen LogP contribution in [0.15, 0.2) is 18.2 Å². The second kappa shape index (κ2) is 5.05. The zero-order chi connectivity index (χ0) is 12.3. The van der Waals surface area contributed by atoms with Gasteiger partial charge < -0.3 is 20.1 Å². The smallest absolute Gasteiger partial charge is 0.254 e. The zero-order valence-corrected chi connectivity index (χ0v) is 9.81. The molecule has 1 amide bonds. The van der Waals surface area contributed by atoms with Crippen molar-refractivity contribution >= 4 is 11.6 Å². The second-order valence-electron chi connectivity index (χ2n) is 3.86.